The lowest BCUT2D eigenvalue weighted by atomic mass is 9.90. The van der Waals surface area contributed by atoms with Crippen LogP contribution < -0.4 is 5.32 Å². The molecule has 150 valence electrons. The van der Waals surface area contributed by atoms with Gasteiger partial charge in [0.15, 0.2) is 0 Å². The molecule has 0 unspecified atom stereocenters. The smallest absolute Gasteiger partial charge is 0.407 e. The van der Waals surface area contributed by atoms with Gasteiger partial charge in [-0.3, -0.25) is 4.79 Å². The van der Waals surface area contributed by atoms with E-state index in [1.54, 1.807) is 0 Å². The first kappa shape index (κ1) is 21.0. The summed E-state index contributed by atoms with van der Waals surface area (Å²) < 4.78 is 16.4. The van der Waals surface area contributed by atoms with Crippen LogP contribution in [0.4, 0.5) is 4.79 Å². The van der Waals surface area contributed by atoms with Gasteiger partial charge in [-0.05, 0) is 52.4 Å². The first-order valence-corrected chi connectivity index (χ1v) is 9.72. The van der Waals surface area contributed by atoms with Crippen molar-refractivity contribution in [1.29, 1.82) is 0 Å². The molecule has 2 amide bonds. The predicted octanol–water partition coefficient (Wildman–Crippen LogP) is 2.33. The highest BCUT2D eigenvalue weighted by Crippen LogP contribution is 2.23. The largest absolute Gasteiger partial charge is 0.444 e. The van der Waals surface area contributed by atoms with E-state index in [0.717, 1.165) is 32.3 Å². The number of hydrogen-bond donors (Lipinski definition) is 1. The van der Waals surface area contributed by atoms with Gasteiger partial charge in [-0.15, -0.1) is 0 Å². The summed E-state index contributed by atoms with van der Waals surface area (Å²) in [7, 11) is 0. The van der Waals surface area contributed by atoms with Crippen LogP contribution in [0.2, 0.25) is 0 Å². The number of rotatable bonds is 6. The zero-order chi connectivity index (χ0) is 19.2. The third-order valence-corrected chi connectivity index (χ3v) is 4.84. The third kappa shape index (κ3) is 6.76. The first-order valence-electron chi connectivity index (χ1n) is 9.72. The van der Waals surface area contributed by atoms with Crippen LogP contribution in [-0.2, 0) is 19.0 Å². The van der Waals surface area contributed by atoms with E-state index in [0.29, 0.717) is 25.6 Å². The molecular weight excluding hydrogens is 336 g/mol. The van der Waals surface area contributed by atoms with E-state index in [-0.39, 0.29) is 24.7 Å². The van der Waals surface area contributed by atoms with Crippen LogP contribution in [-0.4, -0.2) is 67.6 Å². The van der Waals surface area contributed by atoms with E-state index >= 15 is 0 Å². The van der Waals surface area contributed by atoms with Gasteiger partial charge < -0.3 is 24.4 Å². The second-order valence-corrected chi connectivity index (χ2v) is 8.31. The van der Waals surface area contributed by atoms with Gasteiger partial charge in [-0.25, -0.2) is 4.79 Å². The second kappa shape index (κ2) is 9.55. The van der Waals surface area contributed by atoms with Crippen molar-refractivity contribution in [3.63, 3.8) is 0 Å². The molecule has 0 bridgehead atoms. The fourth-order valence-electron chi connectivity index (χ4n) is 3.51. The minimum atomic E-state index is -0.534. The Balaban J connectivity index is 1.81. The number of amides is 2. The lowest BCUT2D eigenvalue weighted by Crippen LogP contribution is -2.54. The van der Waals surface area contributed by atoms with Crippen LogP contribution in [0, 0.1) is 5.92 Å². The molecule has 7 heteroatoms. The molecule has 2 aliphatic heterocycles. The van der Waals surface area contributed by atoms with Crippen molar-refractivity contribution in [2.24, 2.45) is 5.92 Å². The number of piperidine rings is 1. The number of nitrogens with zero attached hydrogens (tertiary/aromatic N) is 1. The molecule has 0 aromatic heterocycles. The average molecular weight is 370 g/mol. The van der Waals surface area contributed by atoms with Gasteiger partial charge in [-0.2, -0.15) is 0 Å². The molecule has 26 heavy (non-hydrogen) atoms. The van der Waals surface area contributed by atoms with Gasteiger partial charge in [0.1, 0.15) is 12.2 Å². The Labute approximate surface area is 156 Å². The van der Waals surface area contributed by atoms with Crippen LogP contribution in [0.3, 0.4) is 0 Å². The summed E-state index contributed by atoms with van der Waals surface area (Å²) in [4.78, 5) is 26.4. The number of ether oxygens (including phenoxy) is 3. The maximum atomic E-state index is 12.6. The number of nitrogens with one attached hydrogen (secondary N) is 1. The molecule has 7 nitrogen and oxygen atoms in total. The molecule has 0 aliphatic carbocycles. The second-order valence-electron chi connectivity index (χ2n) is 8.31. The first-order chi connectivity index (χ1) is 12.3. The molecular formula is C19H34N2O5. The van der Waals surface area contributed by atoms with E-state index < -0.39 is 11.7 Å². The van der Waals surface area contributed by atoms with Crippen LogP contribution >= 0.6 is 0 Å². The van der Waals surface area contributed by atoms with Gasteiger partial charge in [0, 0.05) is 19.7 Å². The minimum absolute atomic E-state index is 0.0227. The summed E-state index contributed by atoms with van der Waals surface area (Å²) in [6, 6.07) is -0.0323. The molecule has 0 radical (unpaired) electrons. The fourth-order valence-corrected chi connectivity index (χ4v) is 3.51. The Hall–Kier alpha value is -1.34. The molecule has 0 aromatic carbocycles. The number of alkyl carbamates (subject to hydrolysis) is 1. The molecule has 0 aromatic rings. The molecule has 2 fully saturated rings. The molecule has 3 atom stereocenters. The van der Waals surface area contributed by atoms with Crippen LogP contribution in [0.1, 0.15) is 53.4 Å². The van der Waals surface area contributed by atoms with Crippen molar-refractivity contribution in [2.75, 3.05) is 32.9 Å². The van der Waals surface area contributed by atoms with Gasteiger partial charge >= 0.3 is 6.09 Å². The van der Waals surface area contributed by atoms with Crippen molar-refractivity contribution in [3.05, 3.63) is 0 Å². The monoisotopic (exact) mass is 370 g/mol. The molecule has 2 heterocycles. The van der Waals surface area contributed by atoms with Crippen LogP contribution in [0.5, 0.6) is 0 Å². The third-order valence-electron chi connectivity index (χ3n) is 4.84. The van der Waals surface area contributed by atoms with Gasteiger partial charge in [0.05, 0.1) is 18.8 Å². The topological polar surface area (TPSA) is 77.1 Å². The van der Waals surface area contributed by atoms with Crippen molar-refractivity contribution in [2.45, 2.75) is 71.1 Å². The van der Waals surface area contributed by atoms with Crippen LogP contribution in [0.25, 0.3) is 0 Å². The highest BCUT2D eigenvalue weighted by molar-refractivity contribution is 5.78. The van der Waals surface area contributed by atoms with Crippen molar-refractivity contribution >= 4 is 12.0 Å². The summed E-state index contributed by atoms with van der Waals surface area (Å²) in [6.45, 7) is 10.0. The van der Waals surface area contributed by atoms with E-state index in [1.165, 1.54) is 0 Å². The summed E-state index contributed by atoms with van der Waals surface area (Å²) in [5, 5.41) is 2.81. The highest BCUT2D eigenvalue weighted by atomic mass is 16.6. The summed E-state index contributed by atoms with van der Waals surface area (Å²) >= 11 is 0. The van der Waals surface area contributed by atoms with Gasteiger partial charge in [0.25, 0.3) is 0 Å². The van der Waals surface area contributed by atoms with Crippen LogP contribution in [0.15, 0.2) is 0 Å². The maximum Gasteiger partial charge on any atom is 0.407 e. The predicted molar refractivity (Wildman–Crippen MR) is 97.9 cm³/mol. The van der Waals surface area contributed by atoms with Crippen molar-refractivity contribution in [3.8, 4) is 0 Å². The number of likely N-dealkylation sites (tertiary alicyclic amines) is 1. The van der Waals surface area contributed by atoms with Gasteiger partial charge in [-0.1, -0.05) is 6.92 Å². The van der Waals surface area contributed by atoms with Crippen molar-refractivity contribution < 1.29 is 23.8 Å². The lowest BCUT2D eigenvalue weighted by Gasteiger charge is -2.40. The molecule has 2 aliphatic rings. The Morgan fingerprint density at radius 1 is 1.23 bits per heavy atom. The zero-order valence-corrected chi connectivity index (χ0v) is 16.6. The Kier molecular flexibility index (Phi) is 7.70. The number of carbonyl (C=O) groups excluding carboxylic acids is 2. The number of carbonyl (C=O) groups is 2. The summed E-state index contributed by atoms with van der Waals surface area (Å²) in [5.41, 5.74) is -0.534. The molecule has 2 rings (SSSR count). The quantitative estimate of drug-likeness (QED) is 0.776. The van der Waals surface area contributed by atoms with E-state index in [1.807, 2.05) is 25.7 Å². The Bertz CT molecular complexity index is 471. The summed E-state index contributed by atoms with van der Waals surface area (Å²) in [6.07, 6.45) is 3.74. The van der Waals surface area contributed by atoms with Crippen molar-refractivity contribution in [1.82, 2.24) is 10.2 Å². The normalized spacial score (nSPS) is 26.6. The Morgan fingerprint density at radius 3 is 2.65 bits per heavy atom. The standard InChI is InChI=1S/C19H34N2O5/c1-14-7-5-9-21(16(14)11-20-18(23)26-19(2,3)4)17(22)13-24-12-15-8-6-10-25-15/h14-16H,5-13H2,1-4H3,(H,20,23)/t14-,15-,16-/m1/s1. The SMILES string of the molecule is C[C@@H]1CCCN(C(=O)COC[C@H]2CCCO2)[C@@H]1CNC(=O)OC(C)(C)C. The van der Waals surface area contributed by atoms with E-state index in [9.17, 15) is 9.59 Å². The maximum absolute atomic E-state index is 12.6. The minimum Gasteiger partial charge on any atom is -0.444 e. The van der Waals surface area contributed by atoms with E-state index in [4.69, 9.17) is 14.2 Å². The lowest BCUT2D eigenvalue weighted by molar-refractivity contribution is -0.142. The molecule has 0 saturated carbocycles. The zero-order valence-electron chi connectivity index (χ0n) is 16.6. The van der Waals surface area contributed by atoms with E-state index in [2.05, 4.69) is 12.2 Å². The van der Waals surface area contributed by atoms with Gasteiger partial charge in [0.2, 0.25) is 5.91 Å². The molecule has 2 saturated heterocycles. The highest BCUT2D eigenvalue weighted by Gasteiger charge is 2.32. The summed E-state index contributed by atoms with van der Waals surface area (Å²) in [5.74, 6) is 0.298. The molecule has 0 spiro atoms. The average Bonchev–Trinajstić information content (AvgIpc) is 3.05. The fraction of sp³-hybridized carbons (Fsp3) is 0.895. The Morgan fingerprint density at radius 2 is 2.00 bits per heavy atom. The molecule has 1 N–H and O–H groups in total. The number of hydrogen-bond acceptors (Lipinski definition) is 5.